The van der Waals surface area contributed by atoms with Crippen LogP contribution in [-0.2, 0) is 28.6 Å². The van der Waals surface area contributed by atoms with Gasteiger partial charge in [0.05, 0.1) is 18.7 Å². The van der Waals surface area contributed by atoms with Crippen molar-refractivity contribution in [2.75, 3.05) is 32.8 Å². The van der Waals surface area contributed by atoms with Gasteiger partial charge in [0.25, 0.3) is 0 Å². The van der Waals surface area contributed by atoms with E-state index in [0.717, 1.165) is 25.9 Å². The van der Waals surface area contributed by atoms with Gasteiger partial charge in [-0.15, -0.1) is 0 Å². The molecule has 2 amide bonds. The van der Waals surface area contributed by atoms with Gasteiger partial charge in [-0.2, -0.15) is 0 Å². The number of esters is 1. The molecule has 0 aromatic carbocycles. The molecule has 5 atom stereocenters. The van der Waals surface area contributed by atoms with Gasteiger partial charge in [0, 0.05) is 57.5 Å². The fraction of sp³-hybridized carbons (Fsp3) is 0.815. The molecular formula is C27H44N4O8. The minimum absolute atomic E-state index is 0.0140. The number of likely N-dealkylation sites (tertiary alicyclic amines) is 1. The third-order valence-corrected chi connectivity index (χ3v) is 6.76. The third-order valence-electron chi connectivity index (χ3n) is 6.76. The number of amides is 2. The fourth-order valence-corrected chi connectivity index (χ4v) is 5.38. The van der Waals surface area contributed by atoms with Crippen molar-refractivity contribution in [2.24, 2.45) is 5.92 Å². The minimum Gasteiger partial charge on any atom is -0.465 e. The summed E-state index contributed by atoms with van der Waals surface area (Å²) in [5, 5.41) is 6.69. The molecule has 0 spiro atoms. The molecule has 0 aliphatic carbocycles. The number of Topliss-reactive ketones (excluding diaryl/α,β-unsaturated/α-hetero) is 2. The maximum absolute atomic E-state index is 12.9. The van der Waals surface area contributed by atoms with E-state index in [1.807, 2.05) is 0 Å². The van der Waals surface area contributed by atoms with Crippen molar-refractivity contribution in [3.05, 3.63) is 0 Å². The van der Waals surface area contributed by atoms with E-state index in [0.29, 0.717) is 17.9 Å². The summed E-state index contributed by atoms with van der Waals surface area (Å²) < 4.78 is 16.0. The molecule has 4 rings (SSSR count). The van der Waals surface area contributed by atoms with Crippen molar-refractivity contribution in [3.63, 3.8) is 0 Å². The standard InChI is InChI=1S/C20H32N2O7.C7H12N2O/c1-8-27-16(24)15-13-11-21(17(25)28-19(2,3)4)10-12(9-14(15)23)22(13)18(26)29-20(5,6)7;10-7-1-5-3-8-4-6(2-7)9-5/h12-13,15H,8-11H2,1-7H3;5-6,8-9H,1-4H2. The average Bonchev–Trinajstić information content (AvgIpc) is 2.76. The lowest BCUT2D eigenvalue weighted by Crippen LogP contribution is -2.69. The second kappa shape index (κ2) is 12.2. The van der Waals surface area contributed by atoms with Gasteiger partial charge >= 0.3 is 18.2 Å². The molecule has 0 radical (unpaired) electrons. The van der Waals surface area contributed by atoms with E-state index in [2.05, 4.69) is 10.6 Å². The van der Waals surface area contributed by atoms with Crippen LogP contribution in [0.15, 0.2) is 0 Å². The number of rotatable bonds is 2. The van der Waals surface area contributed by atoms with Gasteiger partial charge in [-0.3, -0.25) is 19.3 Å². The summed E-state index contributed by atoms with van der Waals surface area (Å²) in [5.74, 6) is -1.72. The van der Waals surface area contributed by atoms with E-state index in [-0.39, 0.29) is 31.9 Å². The molecule has 0 saturated carbocycles. The smallest absolute Gasteiger partial charge is 0.410 e. The van der Waals surface area contributed by atoms with Crippen LogP contribution < -0.4 is 10.6 Å². The summed E-state index contributed by atoms with van der Waals surface area (Å²) in [6, 6.07) is -0.620. The molecule has 12 heteroatoms. The van der Waals surface area contributed by atoms with Gasteiger partial charge in [-0.1, -0.05) is 0 Å². The molecule has 4 heterocycles. The summed E-state index contributed by atoms with van der Waals surface area (Å²) in [6.45, 7) is 14.3. The molecule has 12 nitrogen and oxygen atoms in total. The highest BCUT2D eigenvalue weighted by Crippen LogP contribution is 2.34. The van der Waals surface area contributed by atoms with E-state index in [1.165, 1.54) is 9.80 Å². The molecule has 4 saturated heterocycles. The van der Waals surface area contributed by atoms with Crippen LogP contribution in [0.5, 0.6) is 0 Å². The number of ether oxygens (including phenoxy) is 3. The highest BCUT2D eigenvalue weighted by Gasteiger charge is 2.54. The zero-order chi connectivity index (χ0) is 29.1. The fourth-order valence-electron chi connectivity index (χ4n) is 5.38. The number of ketones is 2. The van der Waals surface area contributed by atoms with Crippen LogP contribution in [0.2, 0.25) is 0 Å². The summed E-state index contributed by atoms with van der Waals surface area (Å²) in [5.41, 5.74) is -1.43. The Morgan fingerprint density at radius 3 is 1.97 bits per heavy atom. The molecule has 4 aliphatic rings. The number of hydrogen-bond acceptors (Lipinski definition) is 10. The van der Waals surface area contributed by atoms with Crippen LogP contribution in [0.25, 0.3) is 0 Å². The van der Waals surface area contributed by atoms with Crippen molar-refractivity contribution in [1.82, 2.24) is 20.4 Å². The maximum Gasteiger partial charge on any atom is 0.410 e. The van der Waals surface area contributed by atoms with Crippen molar-refractivity contribution in [2.45, 2.75) is 103 Å². The predicted octanol–water partition coefficient (Wildman–Crippen LogP) is 1.64. The summed E-state index contributed by atoms with van der Waals surface area (Å²) in [4.78, 5) is 64.5. The van der Waals surface area contributed by atoms with Crippen molar-refractivity contribution >= 4 is 29.7 Å². The predicted molar refractivity (Wildman–Crippen MR) is 141 cm³/mol. The number of carbonyl (C=O) groups is 5. The molecule has 5 unspecified atom stereocenters. The lowest BCUT2D eigenvalue weighted by molar-refractivity contribution is -0.161. The highest BCUT2D eigenvalue weighted by molar-refractivity contribution is 6.02. The van der Waals surface area contributed by atoms with Gasteiger partial charge in [0.15, 0.2) is 5.78 Å². The monoisotopic (exact) mass is 552 g/mol. The van der Waals surface area contributed by atoms with Crippen molar-refractivity contribution in [1.29, 1.82) is 0 Å². The number of piperidine rings is 2. The Balaban J connectivity index is 0.000000346. The van der Waals surface area contributed by atoms with Crippen LogP contribution in [0, 0.1) is 5.92 Å². The minimum atomic E-state index is -1.16. The molecule has 4 bridgehead atoms. The van der Waals surface area contributed by atoms with Gasteiger partial charge in [-0.05, 0) is 48.5 Å². The lowest BCUT2D eigenvalue weighted by atomic mass is 9.81. The normalized spacial score (nSPS) is 28.6. The Morgan fingerprint density at radius 1 is 0.872 bits per heavy atom. The first kappa shape index (κ1) is 30.8. The molecule has 220 valence electrons. The molecule has 4 aliphatic heterocycles. The van der Waals surface area contributed by atoms with Gasteiger partial charge in [-0.25, -0.2) is 9.59 Å². The van der Waals surface area contributed by atoms with Gasteiger partial charge < -0.3 is 29.7 Å². The Hall–Kier alpha value is -2.73. The second-order valence-corrected chi connectivity index (χ2v) is 12.6. The number of nitrogens with zero attached hydrogens (tertiary/aromatic N) is 2. The van der Waals surface area contributed by atoms with Gasteiger partial charge in [0.2, 0.25) is 0 Å². The molecule has 39 heavy (non-hydrogen) atoms. The molecule has 0 aromatic rings. The quantitative estimate of drug-likeness (QED) is 0.295. The molecular weight excluding hydrogens is 508 g/mol. The number of hydrogen-bond donors (Lipinski definition) is 2. The summed E-state index contributed by atoms with van der Waals surface area (Å²) >= 11 is 0. The van der Waals surface area contributed by atoms with E-state index in [9.17, 15) is 24.0 Å². The second-order valence-electron chi connectivity index (χ2n) is 12.6. The van der Waals surface area contributed by atoms with E-state index in [1.54, 1.807) is 48.5 Å². The zero-order valence-electron chi connectivity index (χ0n) is 24.2. The topological polar surface area (TPSA) is 144 Å². The zero-order valence-corrected chi connectivity index (χ0v) is 24.2. The first-order valence-corrected chi connectivity index (χ1v) is 13.7. The summed E-state index contributed by atoms with van der Waals surface area (Å²) in [7, 11) is 0. The number of piperazine rings is 2. The highest BCUT2D eigenvalue weighted by atomic mass is 16.6. The van der Waals surface area contributed by atoms with Crippen LogP contribution in [0.1, 0.15) is 67.7 Å². The third kappa shape index (κ3) is 8.38. The maximum atomic E-state index is 12.9. The first-order valence-electron chi connectivity index (χ1n) is 13.7. The molecule has 2 N–H and O–H groups in total. The summed E-state index contributed by atoms with van der Waals surface area (Å²) in [6.07, 6.45) is 0.234. The first-order chi connectivity index (χ1) is 18.1. The Morgan fingerprint density at radius 2 is 1.44 bits per heavy atom. The van der Waals surface area contributed by atoms with Crippen LogP contribution in [-0.4, -0.2) is 108 Å². The largest absolute Gasteiger partial charge is 0.465 e. The van der Waals surface area contributed by atoms with Gasteiger partial charge in [0.1, 0.15) is 22.9 Å². The molecule has 0 aromatic heterocycles. The SMILES string of the molecule is CCOC(=O)C1C(=O)CC2CN(C(=O)OC(C)(C)C)CC1N2C(=O)OC(C)(C)C.O=C1CC2CNCC(C1)N2. The van der Waals surface area contributed by atoms with E-state index < -0.39 is 47.4 Å². The van der Waals surface area contributed by atoms with E-state index >= 15 is 0 Å². The van der Waals surface area contributed by atoms with Crippen molar-refractivity contribution in [3.8, 4) is 0 Å². The Labute approximate surface area is 230 Å². The number of fused-ring (bicyclic) bond motifs is 4. The number of carbonyl (C=O) groups excluding carboxylic acids is 5. The lowest BCUT2D eigenvalue weighted by Gasteiger charge is -2.51. The number of nitrogens with one attached hydrogen (secondary N) is 2. The average molecular weight is 553 g/mol. The van der Waals surface area contributed by atoms with Crippen LogP contribution >= 0.6 is 0 Å². The molecule has 4 fully saturated rings. The Kier molecular flexibility index (Phi) is 9.64. The van der Waals surface area contributed by atoms with Crippen LogP contribution in [0.3, 0.4) is 0 Å². The van der Waals surface area contributed by atoms with Crippen molar-refractivity contribution < 1.29 is 38.2 Å². The Bertz CT molecular complexity index is 934. The van der Waals surface area contributed by atoms with E-state index in [4.69, 9.17) is 14.2 Å². The van der Waals surface area contributed by atoms with Crippen LogP contribution in [0.4, 0.5) is 9.59 Å².